The fraction of sp³-hybridized carbons (Fsp3) is 0.819. The fourth-order valence-corrected chi connectivity index (χ4v) is 10.1. The topological polar surface area (TPSA) is 78.9 Å². The molecule has 0 saturated heterocycles. The summed E-state index contributed by atoms with van der Waals surface area (Å²) >= 11 is 0. The lowest BCUT2D eigenvalue weighted by Gasteiger charge is -2.18. The highest BCUT2D eigenvalue weighted by molar-refractivity contribution is 5.71. The molecule has 0 spiro atoms. The fourth-order valence-electron chi connectivity index (χ4n) is 10.1. The van der Waals surface area contributed by atoms with E-state index in [9.17, 15) is 14.4 Å². The number of hydrogen-bond acceptors (Lipinski definition) is 6. The lowest BCUT2D eigenvalue weighted by molar-refractivity contribution is -0.167. The van der Waals surface area contributed by atoms with Gasteiger partial charge in [-0.15, -0.1) is 0 Å². The van der Waals surface area contributed by atoms with Crippen LogP contribution in [-0.2, 0) is 28.6 Å². The summed E-state index contributed by atoms with van der Waals surface area (Å²) < 4.78 is 16.9. The van der Waals surface area contributed by atoms with Gasteiger partial charge in [-0.1, -0.05) is 319 Å². The maximum Gasteiger partial charge on any atom is 0.306 e. The summed E-state index contributed by atoms with van der Waals surface area (Å²) in [6.45, 7) is 6.53. The normalized spacial score (nSPS) is 12.4. The van der Waals surface area contributed by atoms with Crippen LogP contribution in [-0.4, -0.2) is 37.2 Å². The first-order valence-electron chi connectivity index (χ1n) is 34.3. The van der Waals surface area contributed by atoms with E-state index in [1.54, 1.807) is 0 Å². The molecule has 0 aromatic heterocycles. The summed E-state index contributed by atoms with van der Waals surface area (Å²) in [6, 6.07) is 0. The Morgan fingerprint density at radius 1 is 0.269 bits per heavy atom. The van der Waals surface area contributed by atoms with Crippen molar-refractivity contribution in [2.75, 3.05) is 13.2 Å². The van der Waals surface area contributed by atoms with Crippen molar-refractivity contribution in [2.45, 2.75) is 367 Å². The van der Waals surface area contributed by atoms with Gasteiger partial charge in [-0.25, -0.2) is 0 Å². The zero-order valence-corrected chi connectivity index (χ0v) is 52.2. The lowest BCUT2D eigenvalue weighted by atomic mass is 10.0. The summed E-state index contributed by atoms with van der Waals surface area (Å²) in [5.74, 6) is -0.877. The van der Waals surface area contributed by atoms with Crippen molar-refractivity contribution in [1.29, 1.82) is 0 Å². The monoisotopic (exact) mass is 1090 g/mol. The van der Waals surface area contributed by atoms with Gasteiger partial charge in [0.1, 0.15) is 13.2 Å². The van der Waals surface area contributed by atoms with E-state index in [1.807, 2.05) is 0 Å². The van der Waals surface area contributed by atoms with E-state index in [2.05, 4.69) is 81.5 Å². The summed E-state index contributed by atoms with van der Waals surface area (Å²) in [4.78, 5) is 38.2. The van der Waals surface area contributed by atoms with Crippen LogP contribution in [0.25, 0.3) is 0 Å². The third kappa shape index (κ3) is 63.9. The predicted octanol–water partition coefficient (Wildman–Crippen LogP) is 23.5. The van der Waals surface area contributed by atoms with Crippen LogP contribution in [0.2, 0.25) is 0 Å². The Kier molecular flexibility index (Phi) is 64.2. The standard InChI is InChI=1S/C72H130O6/c1-4-7-10-13-16-19-21-23-25-27-29-30-31-32-33-34-35-36-37-38-39-40-41-42-44-45-47-49-51-53-56-59-62-65-71(74)77-68-69(67-76-70(73)64-61-58-55-18-15-12-9-6-3)78-72(75)66-63-60-57-54-52-50-48-46-43-28-26-24-22-20-17-14-11-8-5-2/h8,11,17,20,24,26-27,29,43,46,69H,4-7,9-10,12-16,18-19,21-23,25,28,30-42,44-45,47-68H2,1-3H3/b11-8-,20-17-,26-24-,29-27-,46-43-. The van der Waals surface area contributed by atoms with Crippen LogP contribution in [0.4, 0.5) is 0 Å². The zero-order chi connectivity index (χ0) is 56.4. The summed E-state index contributed by atoms with van der Waals surface area (Å²) in [5.41, 5.74) is 0. The molecule has 0 aliphatic rings. The minimum atomic E-state index is -0.779. The number of carbonyl (C=O) groups is 3. The number of rotatable bonds is 63. The Bertz CT molecular complexity index is 1390. The van der Waals surface area contributed by atoms with Gasteiger partial charge in [0, 0.05) is 19.3 Å². The van der Waals surface area contributed by atoms with E-state index in [1.165, 1.54) is 225 Å². The Hall–Kier alpha value is -2.89. The molecule has 6 nitrogen and oxygen atoms in total. The third-order valence-electron chi connectivity index (χ3n) is 15.3. The second-order valence-corrected chi connectivity index (χ2v) is 23.1. The largest absolute Gasteiger partial charge is 0.462 e. The molecule has 0 heterocycles. The molecule has 0 bridgehead atoms. The highest BCUT2D eigenvalue weighted by Crippen LogP contribution is 2.18. The van der Waals surface area contributed by atoms with Gasteiger partial charge in [-0.2, -0.15) is 0 Å². The van der Waals surface area contributed by atoms with Gasteiger partial charge in [0.15, 0.2) is 6.10 Å². The summed E-state index contributed by atoms with van der Waals surface area (Å²) in [5, 5.41) is 0. The maximum atomic E-state index is 12.9. The first-order valence-corrected chi connectivity index (χ1v) is 34.3. The van der Waals surface area contributed by atoms with Crippen LogP contribution in [0, 0.1) is 0 Å². The zero-order valence-electron chi connectivity index (χ0n) is 52.2. The molecule has 454 valence electrons. The van der Waals surface area contributed by atoms with Gasteiger partial charge in [-0.05, 0) is 83.5 Å². The average Bonchev–Trinajstić information content (AvgIpc) is 3.44. The van der Waals surface area contributed by atoms with Crippen molar-refractivity contribution in [3.8, 4) is 0 Å². The van der Waals surface area contributed by atoms with Crippen molar-refractivity contribution in [1.82, 2.24) is 0 Å². The Morgan fingerprint density at radius 3 is 0.795 bits per heavy atom. The molecular weight excluding hydrogens is 961 g/mol. The highest BCUT2D eigenvalue weighted by Gasteiger charge is 2.19. The first kappa shape index (κ1) is 75.1. The number of allylic oxidation sites excluding steroid dienone is 10. The SMILES string of the molecule is CC/C=C\C/C=C\C/C=C\C/C=C\CCCCCCCCC(=O)OC(COC(=O)CCCCCCCCCC)COC(=O)CCCCCCCCCCCCCCCCCCCCCCC/C=C\CCCCCCCCCC. The van der Waals surface area contributed by atoms with Crippen molar-refractivity contribution in [2.24, 2.45) is 0 Å². The van der Waals surface area contributed by atoms with Gasteiger partial charge in [0.25, 0.3) is 0 Å². The van der Waals surface area contributed by atoms with E-state index in [-0.39, 0.29) is 31.1 Å². The van der Waals surface area contributed by atoms with Crippen molar-refractivity contribution < 1.29 is 28.6 Å². The molecule has 6 heteroatoms. The number of carbonyl (C=O) groups excluding carboxylic acids is 3. The maximum absolute atomic E-state index is 12.9. The van der Waals surface area contributed by atoms with Crippen molar-refractivity contribution >= 4 is 17.9 Å². The minimum absolute atomic E-state index is 0.0762. The molecule has 0 saturated carbocycles. The lowest BCUT2D eigenvalue weighted by Crippen LogP contribution is -2.30. The molecule has 78 heavy (non-hydrogen) atoms. The molecule has 1 atom stereocenters. The van der Waals surface area contributed by atoms with Gasteiger partial charge in [-0.3, -0.25) is 14.4 Å². The average molecular weight is 1090 g/mol. The Morgan fingerprint density at radius 2 is 0.500 bits per heavy atom. The molecule has 0 aromatic rings. The van der Waals surface area contributed by atoms with E-state index in [0.29, 0.717) is 19.3 Å². The van der Waals surface area contributed by atoms with Crippen LogP contribution >= 0.6 is 0 Å². The van der Waals surface area contributed by atoms with E-state index in [4.69, 9.17) is 14.2 Å². The molecular formula is C72H130O6. The quantitative estimate of drug-likeness (QED) is 0.0261. The molecule has 0 N–H and O–H groups in total. The molecule has 0 radical (unpaired) electrons. The molecule has 0 aliphatic carbocycles. The van der Waals surface area contributed by atoms with Gasteiger partial charge in [0.2, 0.25) is 0 Å². The molecule has 0 rings (SSSR count). The van der Waals surface area contributed by atoms with Crippen molar-refractivity contribution in [3.63, 3.8) is 0 Å². The molecule has 1 unspecified atom stereocenters. The third-order valence-corrected chi connectivity index (χ3v) is 15.3. The van der Waals surface area contributed by atoms with E-state index in [0.717, 1.165) is 96.3 Å². The summed E-state index contributed by atoms with van der Waals surface area (Å²) in [6.07, 6.45) is 85.7. The number of hydrogen-bond donors (Lipinski definition) is 0. The van der Waals surface area contributed by atoms with Crippen LogP contribution in [0.3, 0.4) is 0 Å². The molecule has 0 fully saturated rings. The van der Waals surface area contributed by atoms with Crippen molar-refractivity contribution in [3.05, 3.63) is 60.8 Å². The van der Waals surface area contributed by atoms with Gasteiger partial charge in [0.05, 0.1) is 0 Å². The molecule has 0 aliphatic heterocycles. The Labute approximate surface area is 485 Å². The van der Waals surface area contributed by atoms with E-state index < -0.39 is 6.10 Å². The smallest absolute Gasteiger partial charge is 0.306 e. The van der Waals surface area contributed by atoms with Crippen LogP contribution in [0.15, 0.2) is 60.8 Å². The minimum Gasteiger partial charge on any atom is -0.462 e. The van der Waals surface area contributed by atoms with Gasteiger partial charge >= 0.3 is 17.9 Å². The number of unbranched alkanes of at least 4 members (excludes halogenated alkanes) is 42. The first-order chi connectivity index (χ1) is 38.5. The second kappa shape index (κ2) is 66.6. The van der Waals surface area contributed by atoms with E-state index >= 15 is 0 Å². The second-order valence-electron chi connectivity index (χ2n) is 23.1. The van der Waals surface area contributed by atoms with Gasteiger partial charge < -0.3 is 14.2 Å². The highest BCUT2D eigenvalue weighted by atomic mass is 16.6. The number of ether oxygens (including phenoxy) is 3. The van der Waals surface area contributed by atoms with Crippen LogP contribution in [0.1, 0.15) is 361 Å². The molecule has 0 aromatic carbocycles. The van der Waals surface area contributed by atoms with Crippen LogP contribution in [0.5, 0.6) is 0 Å². The summed E-state index contributed by atoms with van der Waals surface area (Å²) in [7, 11) is 0. The number of esters is 3. The molecule has 0 amide bonds. The predicted molar refractivity (Wildman–Crippen MR) is 339 cm³/mol. The van der Waals surface area contributed by atoms with Crippen LogP contribution < -0.4 is 0 Å². The Balaban J connectivity index is 4.03.